The molecule has 0 radical (unpaired) electrons. The molecule has 20 heavy (non-hydrogen) atoms. The lowest BCUT2D eigenvalue weighted by molar-refractivity contribution is -0.00933. The zero-order valence-electron chi connectivity index (χ0n) is 13.1. The molecule has 1 heterocycles. The Morgan fingerprint density at radius 1 is 1.25 bits per heavy atom. The lowest BCUT2D eigenvalue weighted by Crippen LogP contribution is -2.57. The number of hydrogen-bond donors (Lipinski definition) is 3. The van der Waals surface area contributed by atoms with Gasteiger partial charge in [-0.3, -0.25) is 4.90 Å². The van der Waals surface area contributed by atoms with E-state index < -0.39 is 0 Å². The van der Waals surface area contributed by atoms with Gasteiger partial charge < -0.3 is 15.5 Å². The van der Waals surface area contributed by atoms with Crippen LogP contribution < -0.4 is 5.32 Å². The highest BCUT2D eigenvalue weighted by Crippen LogP contribution is 2.34. The second-order valence-corrected chi connectivity index (χ2v) is 6.88. The number of nitrogens with one attached hydrogen (secondary N) is 1. The van der Waals surface area contributed by atoms with E-state index in [1.807, 2.05) is 0 Å². The van der Waals surface area contributed by atoms with Crippen molar-refractivity contribution >= 4 is 0 Å². The molecule has 1 saturated carbocycles. The van der Waals surface area contributed by atoms with Crippen LogP contribution in [0.25, 0.3) is 0 Å². The van der Waals surface area contributed by atoms with Crippen molar-refractivity contribution < 1.29 is 10.2 Å². The van der Waals surface area contributed by atoms with Crippen LogP contribution in [0.4, 0.5) is 0 Å². The summed E-state index contributed by atoms with van der Waals surface area (Å²) in [5.41, 5.74) is 0. The monoisotopic (exact) mass is 284 g/mol. The zero-order valence-corrected chi connectivity index (χ0v) is 13.1. The lowest BCUT2D eigenvalue weighted by atomic mass is 9.78. The van der Waals surface area contributed by atoms with Gasteiger partial charge in [-0.05, 0) is 50.5 Å². The van der Waals surface area contributed by atoms with Crippen molar-refractivity contribution in [1.82, 2.24) is 10.2 Å². The summed E-state index contributed by atoms with van der Waals surface area (Å²) >= 11 is 0. The van der Waals surface area contributed by atoms with E-state index in [1.54, 1.807) is 0 Å². The van der Waals surface area contributed by atoms with Crippen molar-refractivity contribution in [2.75, 3.05) is 26.2 Å². The fraction of sp³-hybridized carbons (Fsp3) is 1.00. The minimum absolute atomic E-state index is 0.169. The van der Waals surface area contributed by atoms with Crippen LogP contribution in [0.5, 0.6) is 0 Å². The summed E-state index contributed by atoms with van der Waals surface area (Å²) in [7, 11) is 0. The van der Waals surface area contributed by atoms with Gasteiger partial charge in [0.05, 0.1) is 6.10 Å². The highest BCUT2D eigenvalue weighted by atomic mass is 16.3. The Hall–Kier alpha value is -0.160. The van der Waals surface area contributed by atoms with Crippen LogP contribution >= 0.6 is 0 Å². The maximum atomic E-state index is 10.2. The number of aliphatic hydroxyl groups excluding tert-OH is 2. The van der Waals surface area contributed by atoms with Crippen molar-refractivity contribution in [3.8, 4) is 0 Å². The standard InChI is InChI=1S/C16H32N2O2/c1-3-16(20)13-9-14(17-5-4-6-19)11-18(10-13)15-7-12(2)8-15/h12-17,19-20H,3-11H2,1-2H3. The number of likely N-dealkylation sites (tertiary alicyclic amines) is 1. The molecule has 3 atom stereocenters. The first-order valence-electron chi connectivity index (χ1n) is 8.40. The Labute approximate surface area is 123 Å². The smallest absolute Gasteiger partial charge is 0.0578 e. The predicted octanol–water partition coefficient (Wildman–Crippen LogP) is 1.22. The molecule has 2 rings (SSSR count). The summed E-state index contributed by atoms with van der Waals surface area (Å²) in [6.07, 6.45) is 5.20. The van der Waals surface area contributed by atoms with Crippen LogP contribution in [0.1, 0.15) is 46.0 Å². The van der Waals surface area contributed by atoms with Gasteiger partial charge in [-0.2, -0.15) is 0 Å². The Morgan fingerprint density at radius 3 is 2.60 bits per heavy atom. The number of rotatable bonds is 7. The molecule has 0 amide bonds. The van der Waals surface area contributed by atoms with E-state index in [0.717, 1.165) is 50.9 Å². The molecule has 118 valence electrons. The van der Waals surface area contributed by atoms with Gasteiger partial charge in [0.1, 0.15) is 0 Å². The largest absolute Gasteiger partial charge is 0.396 e. The first-order chi connectivity index (χ1) is 9.63. The molecule has 0 spiro atoms. The van der Waals surface area contributed by atoms with Gasteiger partial charge in [-0.1, -0.05) is 13.8 Å². The van der Waals surface area contributed by atoms with E-state index in [9.17, 15) is 5.11 Å². The second kappa shape index (κ2) is 7.74. The van der Waals surface area contributed by atoms with Crippen LogP contribution in [0.2, 0.25) is 0 Å². The average Bonchev–Trinajstić information content (AvgIpc) is 2.43. The predicted molar refractivity (Wildman–Crippen MR) is 81.7 cm³/mol. The van der Waals surface area contributed by atoms with Crippen LogP contribution in [-0.2, 0) is 0 Å². The third kappa shape index (κ3) is 4.17. The van der Waals surface area contributed by atoms with Crippen molar-refractivity contribution in [3.63, 3.8) is 0 Å². The molecule has 3 unspecified atom stereocenters. The van der Waals surface area contributed by atoms with Crippen LogP contribution in [-0.4, -0.2) is 59.5 Å². The quantitative estimate of drug-likeness (QED) is 0.615. The first-order valence-corrected chi connectivity index (χ1v) is 8.40. The minimum atomic E-state index is -0.169. The number of piperidine rings is 1. The molecule has 4 heteroatoms. The van der Waals surface area contributed by atoms with E-state index in [2.05, 4.69) is 24.1 Å². The van der Waals surface area contributed by atoms with Crippen molar-refractivity contribution in [2.24, 2.45) is 11.8 Å². The van der Waals surface area contributed by atoms with E-state index >= 15 is 0 Å². The Kier molecular flexibility index (Phi) is 6.27. The van der Waals surface area contributed by atoms with E-state index in [4.69, 9.17) is 5.11 Å². The molecule has 0 aromatic carbocycles. The molecule has 1 aliphatic carbocycles. The van der Waals surface area contributed by atoms with Gasteiger partial charge in [0.25, 0.3) is 0 Å². The molecule has 1 saturated heterocycles. The molecule has 2 fully saturated rings. The molecular formula is C16H32N2O2. The van der Waals surface area contributed by atoms with Gasteiger partial charge in [0, 0.05) is 31.8 Å². The Balaban J connectivity index is 1.88. The maximum Gasteiger partial charge on any atom is 0.0578 e. The summed E-state index contributed by atoms with van der Waals surface area (Å²) in [5.74, 6) is 1.27. The molecule has 4 nitrogen and oxygen atoms in total. The lowest BCUT2D eigenvalue weighted by Gasteiger charge is -2.48. The molecule has 3 N–H and O–H groups in total. The van der Waals surface area contributed by atoms with E-state index in [1.165, 1.54) is 12.8 Å². The SMILES string of the molecule is CCC(O)C1CC(NCCCO)CN(C2CC(C)C2)C1. The van der Waals surface area contributed by atoms with Crippen molar-refractivity contribution in [1.29, 1.82) is 0 Å². The number of aliphatic hydroxyl groups is 2. The normalized spacial score (nSPS) is 36.6. The Morgan fingerprint density at radius 2 is 2.00 bits per heavy atom. The Bertz CT molecular complexity index is 282. The van der Waals surface area contributed by atoms with E-state index in [-0.39, 0.29) is 12.7 Å². The van der Waals surface area contributed by atoms with Gasteiger partial charge in [0.15, 0.2) is 0 Å². The van der Waals surface area contributed by atoms with E-state index in [0.29, 0.717) is 12.0 Å². The van der Waals surface area contributed by atoms with Crippen molar-refractivity contribution in [2.45, 2.75) is 64.1 Å². The average molecular weight is 284 g/mol. The minimum Gasteiger partial charge on any atom is -0.396 e. The van der Waals surface area contributed by atoms with Gasteiger partial charge in [-0.25, -0.2) is 0 Å². The highest BCUT2D eigenvalue weighted by Gasteiger charge is 2.37. The molecule has 0 aromatic heterocycles. The summed E-state index contributed by atoms with van der Waals surface area (Å²) in [4.78, 5) is 2.60. The molecule has 0 bridgehead atoms. The highest BCUT2D eigenvalue weighted by molar-refractivity contribution is 4.93. The van der Waals surface area contributed by atoms with Crippen molar-refractivity contribution in [3.05, 3.63) is 0 Å². The molecular weight excluding hydrogens is 252 g/mol. The third-order valence-electron chi connectivity index (χ3n) is 5.11. The second-order valence-electron chi connectivity index (χ2n) is 6.88. The molecule has 2 aliphatic rings. The third-order valence-corrected chi connectivity index (χ3v) is 5.11. The summed E-state index contributed by atoms with van der Waals surface area (Å²) in [6, 6.07) is 1.21. The van der Waals surface area contributed by atoms with Crippen LogP contribution in [0.3, 0.4) is 0 Å². The van der Waals surface area contributed by atoms with Gasteiger partial charge >= 0.3 is 0 Å². The van der Waals surface area contributed by atoms with Gasteiger partial charge in [-0.15, -0.1) is 0 Å². The summed E-state index contributed by atoms with van der Waals surface area (Å²) in [5, 5.41) is 22.7. The summed E-state index contributed by atoms with van der Waals surface area (Å²) < 4.78 is 0. The van der Waals surface area contributed by atoms with Crippen LogP contribution in [0, 0.1) is 11.8 Å². The first kappa shape index (κ1) is 16.2. The van der Waals surface area contributed by atoms with Gasteiger partial charge in [0.2, 0.25) is 0 Å². The number of nitrogens with zero attached hydrogens (tertiary/aromatic N) is 1. The molecule has 0 aromatic rings. The fourth-order valence-corrected chi connectivity index (χ4v) is 3.77. The zero-order chi connectivity index (χ0) is 14.5. The number of hydrogen-bond acceptors (Lipinski definition) is 4. The fourth-order valence-electron chi connectivity index (χ4n) is 3.77. The molecule has 1 aliphatic heterocycles. The summed E-state index contributed by atoms with van der Waals surface area (Å²) in [6.45, 7) is 7.70. The maximum absolute atomic E-state index is 10.2. The topological polar surface area (TPSA) is 55.7 Å². The van der Waals surface area contributed by atoms with Crippen LogP contribution in [0.15, 0.2) is 0 Å².